The first kappa shape index (κ1) is 69.7. The van der Waals surface area contributed by atoms with E-state index >= 15 is 0 Å². The van der Waals surface area contributed by atoms with E-state index in [1.807, 2.05) is 0 Å². The predicted molar refractivity (Wildman–Crippen MR) is 46.0 cm³/mol. The maximum absolute atomic E-state index is 7.10. The zero-order chi connectivity index (χ0) is 2.71. The van der Waals surface area contributed by atoms with Crippen molar-refractivity contribution in [1.82, 2.24) is 0 Å². The number of rotatable bonds is 0. The Hall–Kier alpha value is 0.740. The Morgan fingerprint density at radius 2 is 0.875 bits per heavy atom. The van der Waals surface area contributed by atoms with Crippen molar-refractivity contribution in [1.29, 1.82) is 5.26 Å². The van der Waals surface area contributed by atoms with Gasteiger partial charge in [0, 0.05) is 0 Å². The molecule has 0 aliphatic heterocycles. The van der Waals surface area contributed by atoms with Gasteiger partial charge in [0.05, 0.1) is 0 Å². The fraction of sp³-hybridized carbons (Fsp3) is 0. The molecule has 0 atom stereocenters. The second kappa shape index (κ2) is 116. The lowest BCUT2D eigenvalue weighted by atomic mass is 11.5. The third kappa shape index (κ3) is 406. The molecule has 0 unspecified atom stereocenters. The van der Waals surface area contributed by atoms with Gasteiger partial charge in [-0.3, -0.25) is 0 Å². The van der Waals surface area contributed by atoms with Crippen LogP contribution in [0.5, 0.6) is 0 Å². The van der Waals surface area contributed by atoms with Crippen LogP contribution in [0.1, 0.15) is 0 Å². The molecule has 0 radical (unpaired) electrons. The van der Waals surface area contributed by atoms with Gasteiger partial charge >= 0.3 is 0 Å². The van der Waals surface area contributed by atoms with Gasteiger partial charge in [0.2, 0.25) is 0 Å². The summed E-state index contributed by atoms with van der Waals surface area (Å²) in [6.45, 7) is 0. The number of hydrogen-bond acceptors (Lipinski definition) is 2. The average Bonchev–Trinajstić information content (AvgIpc) is 0.918. The first-order valence-corrected chi connectivity index (χ1v) is 0.512. The highest BCUT2D eigenvalue weighted by Crippen LogP contribution is 0.900. The minimum Gasteiger partial charge on any atom is -0.337 e. The van der Waals surface area contributed by atoms with E-state index in [0.717, 1.165) is 0 Å². The molecular formula is CH7Cl5N2. The number of hydrogen-bond donors (Lipinski definition) is 1. The van der Waals surface area contributed by atoms with E-state index in [9.17, 15) is 0 Å². The summed E-state index contributed by atoms with van der Waals surface area (Å²) in [6, 6.07) is 0. The number of nitriles is 1. The molecule has 0 spiro atoms. The summed E-state index contributed by atoms with van der Waals surface area (Å²) < 4.78 is 0. The van der Waals surface area contributed by atoms with Crippen molar-refractivity contribution in [2.45, 2.75) is 0 Å². The molecule has 0 amide bonds. The Morgan fingerprint density at radius 1 is 0.875 bits per heavy atom. The van der Waals surface area contributed by atoms with Crippen molar-refractivity contribution >= 4 is 62.0 Å². The zero-order valence-electron chi connectivity index (χ0n) is 3.57. The van der Waals surface area contributed by atoms with Crippen LogP contribution >= 0.6 is 62.0 Å². The quantitative estimate of drug-likeness (QED) is 0.501. The van der Waals surface area contributed by atoms with Gasteiger partial charge in [0.1, 0.15) is 0 Å². The summed E-state index contributed by atoms with van der Waals surface area (Å²) >= 11 is 0. The van der Waals surface area contributed by atoms with Crippen LogP contribution in [0.4, 0.5) is 0 Å². The van der Waals surface area contributed by atoms with Crippen LogP contribution in [0.3, 0.4) is 0 Å². The van der Waals surface area contributed by atoms with Crippen LogP contribution in [0, 0.1) is 11.5 Å². The second-order valence-electron chi connectivity index (χ2n) is 0.129. The van der Waals surface area contributed by atoms with Gasteiger partial charge in [-0.15, -0.1) is 62.0 Å². The molecule has 0 saturated carbocycles. The normalized spacial score (nSPS) is 0.875. The minimum absolute atomic E-state index is 0. The highest BCUT2D eigenvalue weighted by atomic mass is 35.5. The predicted octanol–water partition coefficient (Wildman–Crippen LogP) is 1.54. The molecule has 0 aliphatic rings. The molecular weight excluding hydrogens is 217 g/mol. The molecule has 2 nitrogen and oxygen atoms in total. The number of nitrogens with zero attached hydrogens (tertiary/aromatic N) is 1. The summed E-state index contributed by atoms with van der Waals surface area (Å²) in [5.74, 6) is 0. The van der Waals surface area contributed by atoms with Crippen molar-refractivity contribution < 1.29 is 0 Å². The van der Waals surface area contributed by atoms with E-state index in [1.165, 1.54) is 6.19 Å². The molecule has 0 aliphatic carbocycles. The van der Waals surface area contributed by atoms with Gasteiger partial charge in [-0.05, 0) is 0 Å². The van der Waals surface area contributed by atoms with Gasteiger partial charge in [0.25, 0.3) is 0 Å². The first-order valence-electron chi connectivity index (χ1n) is 0.512. The largest absolute Gasteiger partial charge is 0.337 e. The van der Waals surface area contributed by atoms with Crippen molar-refractivity contribution in [2.75, 3.05) is 0 Å². The molecule has 0 saturated heterocycles. The molecule has 7 heteroatoms. The lowest BCUT2D eigenvalue weighted by Gasteiger charge is -1.24. The maximum atomic E-state index is 7.10. The highest BCUT2D eigenvalue weighted by molar-refractivity contribution is 5.86. The fourth-order valence-electron chi connectivity index (χ4n) is 0. The summed E-state index contributed by atoms with van der Waals surface area (Å²) in [7, 11) is 0. The van der Waals surface area contributed by atoms with Crippen LogP contribution in [0.15, 0.2) is 0 Å². The Bertz CT molecular complexity index is 31.9. The SMILES string of the molecule is Cl.Cl.Cl.Cl.Cl.N#CN. The Kier molecular flexibility index (Phi) is 1010. The summed E-state index contributed by atoms with van der Waals surface area (Å²) in [5, 5.41) is 7.10. The molecule has 0 aromatic rings. The summed E-state index contributed by atoms with van der Waals surface area (Å²) in [4.78, 5) is 0. The Labute approximate surface area is 79.2 Å². The molecule has 8 heavy (non-hydrogen) atoms. The molecule has 0 heterocycles. The standard InChI is InChI=1S/CH2N2.5ClH/c2-1-3;;;;;/h2H2;5*1H. The van der Waals surface area contributed by atoms with Crippen LogP contribution in [0.25, 0.3) is 0 Å². The van der Waals surface area contributed by atoms with Gasteiger partial charge < -0.3 is 5.73 Å². The van der Waals surface area contributed by atoms with E-state index in [-0.39, 0.29) is 62.0 Å². The van der Waals surface area contributed by atoms with Crippen LogP contribution in [-0.4, -0.2) is 0 Å². The van der Waals surface area contributed by atoms with Crippen molar-refractivity contribution in [2.24, 2.45) is 5.73 Å². The van der Waals surface area contributed by atoms with Crippen molar-refractivity contribution in [3.63, 3.8) is 0 Å². The summed E-state index contributed by atoms with van der Waals surface area (Å²) in [5.41, 5.74) is 4.15. The molecule has 0 aromatic heterocycles. The molecule has 0 rings (SSSR count). The van der Waals surface area contributed by atoms with Gasteiger partial charge in [-0.2, -0.15) is 5.26 Å². The molecule has 0 aromatic carbocycles. The third-order valence-corrected chi connectivity index (χ3v) is 0. The Morgan fingerprint density at radius 3 is 0.875 bits per heavy atom. The summed E-state index contributed by atoms with van der Waals surface area (Å²) in [6.07, 6.45) is 1.25. The van der Waals surface area contributed by atoms with Gasteiger partial charge in [0.15, 0.2) is 6.19 Å². The minimum atomic E-state index is 0. The maximum Gasteiger partial charge on any atom is 0.173 e. The van der Waals surface area contributed by atoms with Gasteiger partial charge in [-0.1, -0.05) is 0 Å². The number of halogens is 5. The zero-order valence-corrected chi connectivity index (χ0v) is 7.65. The van der Waals surface area contributed by atoms with Crippen LogP contribution in [-0.2, 0) is 0 Å². The molecule has 2 N–H and O–H groups in total. The molecule has 0 fully saturated rings. The highest BCUT2D eigenvalue weighted by Gasteiger charge is 1.12. The second-order valence-corrected chi connectivity index (χ2v) is 0.129. The first-order chi connectivity index (χ1) is 1.41. The van der Waals surface area contributed by atoms with E-state index in [0.29, 0.717) is 0 Å². The number of nitrogens with two attached hydrogens (primary N) is 1. The van der Waals surface area contributed by atoms with Crippen molar-refractivity contribution in [3.05, 3.63) is 0 Å². The van der Waals surface area contributed by atoms with Crippen LogP contribution in [0.2, 0.25) is 0 Å². The monoisotopic (exact) mass is 222 g/mol. The third-order valence-electron chi connectivity index (χ3n) is 0. The molecule has 56 valence electrons. The smallest absolute Gasteiger partial charge is 0.173 e. The van der Waals surface area contributed by atoms with E-state index < -0.39 is 0 Å². The van der Waals surface area contributed by atoms with Crippen LogP contribution < -0.4 is 5.73 Å². The van der Waals surface area contributed by atoms with E-state index in [1.54, 1.807) is 0 Å². The van der Waals surface area contributed by atoms with E-state index in [4.69, 9.17) is 5.26 Å². The van der Waals surface area contributed by atoms with E-state index in [2.05, 4.69) is 5.73 Å². The lowest BCUT2D eigenvalue weighted by molar-refractivity contribution is 1.45. The topological polar surface area (TPSA) is 49.8 Å². The van der Waals surface area contributed by atoms with Gasteiger partial charge in [-0.25, -0.2) is 0 Å². The molecule has 0 bridgehead atoms. The van der Waals surface area contributed by atoms with Crippen molar-refractivity contribution in [3.8, 4) is 6.19 Å². The Balaban J connectivity index is -0.00000000200. The average molecular weight is 224 g/mol. The fourth-order valence-corrected chi connectivity index (χ4v) is 0. The lowest BCUT2D eigenvalue weighted by Crippen LogP contribution is -1.69.